The molecule has 2 heterocycles. The average Bonchev–Trinajstić information content (AvgIpc) is 3.19. The van der Waals surface area contributed by atoms with Crippen molar-refractivity contribution in [2.45, 2.75) is 19.0 Å². The third kappa shape index (κ3) is 4.46. The Bertz CT molecular complexity index is 1310. The van der Waals surface area contributed by atoms with Gasteiger partial charge in [-0.1, -0.05) is 23.9 Å². The van der Waals surface area contributed by atoms with Crippen LogP contribution in [0.1, 0.15) is 11.1 Å². The fourth-order valence-electron chi connectivity index (χ4n) is 3.07. The Labute approximate surface area is 182 Å². The minimum Gasteiger partial charge on any atom is -0.497 e. The quantitative estimate of drug-likeness (QED) is 0.355. The summed E-state index contributed by atoms with van der Waals surface area (Å²) < 4.78 is 6.77. The van der Waals surface area contributed by atoms with Gasteiger partial charge in [-0.3, -0.25) is 9.59 Å². The summed E-state index contributed by atoms with van der Waals surface area (Å²) in [4.78, 5) is 32.1. The van der Waals surface area contributed by atoms with Crippen molar-refractivity contribution in [2.75, 3.05) is 18.2 Å². The number of amides is 1. The number of anilines is 1. The van der Waals surface area contributed by atoms with Crippen LogP contribution < -0.4 is 15.6 Å². The fraction of sp³-hybridized carbons (Fsp3) is 0.182. The number of fused-ring (bicyclic) bond motifs is 1. The minimum atomic E-state index is -0.304. The van der Waals surface area contributed by atoms with Crippen LogP contribution in [0.4, 0.5) is 5.69 Å². The second-order valence-corrected chi connectivity index (χ2v) is 7.98. The highest BCUT2D eigenvalue weighted by Crippen LogP contribution is 2.21. The van der Waals surface area contributed by atoms with Crippen molar-refractivity contribution in [3.63, 3.8) is 0 Å². The van der Waals surface area contributed by atoms with Gasteiger partial charge in [-0.15, -0.1) is 0 Å². The van der Waals surface area contributed by atoms with Crippen molar-refractivity contribution < 1.29 is 9.53 Å². The van der Waals surface area contributed by atoms with Crippen molar-refractivity contribution in [1.82, 2.24) is 19.7 Å². The Hall–Kier alpha value is -3.59. The van der Waals surface area contributed by atoms with Crippen molar-refractivity contribution >= 4 is 34.4 Å². The molecule has 0 saturated carbocycles. The molecule has 0 radical (unpaired) electrons. The predicted octanol–water partition coefficient (Wildman–Crippen LogP) is 3.47. The van der Waals surface area contributed by atoms with Gasteiger partial charge in [0.2, 0.25) is 5.91 Å². The third-order valence-corrected chi connectivity index (χ3v) is 5.61. The van der Waals surface area contributed by atoms with Gasteiger partial charge in [0, 0.05) is 5.69 Å². The minimum absolute atomic E-state index is 0.110. The molecule has 0 bridgehead atoms. The number of rotatable bonds is 6. The van der Waals surface area contributed by atoms with Crippen LogP contribution in [0.5, 0.6) is 5.75 Å². The number of aryl methyl sites for hydroxylation is 2. The molecule has 31 heavy (non-hydrogen) atoms. The van der Waals surface area contributed by atoms with E-state index in [0.717, 1.165) is 40.0 Å². The van der Waals surface area contributed by atoms with Gasteiger partial charge in [0.25, 0.3) is 5.56 Å². The summed E-state index contributed by atoms with van der Waals surface area (Å²) in [6.07, 6.45) is 1.48. The van der Waals surface area contributed by atoms with Crippen molar-refractivity contribution in [3.05, 3.63) is 70.1 Å². The maximum atomic E-state index is 12.5. The van der Waals surface area contributed by atoms with E-state index >= 15 is 0 Å². The first-order valence-corrected chi connectivity index (χ1v) is 10.6. The smallest absolute Gasteiger partial charge is 0.262 e. The summed E-state index contributed by atoms with van der Waals surface area (Å²) in [6.45, 7) is 3.91. The van der Waals surface area contributed by atoms with E-state index in [-0.39, 0.29) is 17.2 Å². The van der Waals surface area contributed by atoms with Crippen molar-refractivity contribution in [1.29, 1.82) is 0 Å². The first kappa shape index (κ1) is 20.7. The zero-order chi connectivity index (χ0) is 22.0. The molecule has 0 aliphatic heterocycles. The van der Waals surface area contributed by atoms with Crippen LogP contribution in [-0.4, -0.2) is 38.5 Å². The summed E-state index contributed by atoms with van der Waals surface area (Å²) in [5.74, 6) is 0.653. The molecule has 2 N–H and O–H groups in total. The van der Waals surface area contributed by atoms with Crippen LogP contribution in [0.15, 0.2) is 58.6 Å². The molecule has 0 aliphatic rings. The van der Waals surface area contributed by atoms with Crippen LogP contribution in [-0.2, 0) is 4.79 Å². The number of methoxy groups -OCH3 is 1. The lowest BCUT2D eigenvalue weighted by molar-refractivity contribution is -0.113. The molecular weight excluding hydrogens is 414 g/mol. The number of aromatic amines is 1. The Balaban J connectivity index is 1.54. The zero-order valence-corrected chi connectivity index (χ0v) is 18.1. The largest absolute Gasteiger partial charge is 0.497 e. The zero-order valence-electron chi connectivity index (χ0n) is 17.3. The lowest BCUT2D eigenvalue weighted by Crippen LogP contribution is -2.16. The van der Waals surface area contributed by atoms with E-state index in [1.54, 1.807) is 11.8 Å². The van der Waals surface area contributed by atoms with Gasteiger partial charge in [0.05, 0.1) is 24.7 Å². The third-order valence-electron chi connectivity index (χ3n) is 4.74. The van der Waals surface area contributed by atoms with Gasteiger partial charge >= 0.3 is 0 Å². The number of H-pyrrole nitrogens is 1. The van der Waals surface area contributed by atoms with E-state index in [0.29, 0.717) is 16.2 Å². The molecule has 0 spiro atoms. The highest BCUT2D eigenvalue weighted by atomic mass is 32.2. The second-order valence-electron chi connectivity index (χ2n) is 7.02. The number of carbonyl (C=O) groups is 1. The van der Waals surface area contributed by atoms with Gasteiger partial charge in [0.1, 0.15) is 11.1 Å². The van der Waals surface area contributed by atoms with Gasteiger partial charge in [0.15, 0.2) is 10.8 Å². The summed E-state index contributed by atoms with van der Waals surface area (Å²) in [6, 6.07) is 13.2. The molecule has 2 aromatic carbocycles. The van der Waals surface area contributed by atoms with E-state index in [2.05, 4.69) is 20.4 Å². The second kappa shape index (κ2) is 8.65. The molecule has 8 nitrogen and oxygen atoms in total. The van der Waals surface area contributed by atoms with Crippen LogP contribution >= 0.6 is 11.8 Å². The highest BCUT2D eigenvalue weighted by Gasteiger charge is 2.13. The molecule has 4 rings (SSSR count). The molecule has 0 aliphatic carbocycles. The van der Waals surface area contributed by atoms with E-state index in [1.165, 1.54) is 6.20 Å². The van der Waals surface area contributed by atoms with Gasteiger partial charge in [-0.05, 0) is 55.3 Å². The molecule has 9 heteroatoms. The molecule has 158 valence electrons. The number of thioether (sulfide) groups is 1. The maximum absolute atomic E-state index is 12.5. The molecule has 0 unspecified atom stereocenters. The molecule has 0 saturated heterocycles. The van der Waals surface area contributed by atoms with Gasteiger partial charge < -0.3 is 15.0 Å². The molecule has 0 fully saturated rings. The van der Waals surface area contributed by atoms with Crippen LogP contribution in [0, 0.1) is 13.8 Å². The average molecular weight is 436 g/mol. The van der Waals surface area contributed by atoms with Crippen LogP contribution in [0.2, 0.25) is 0 Å². The lowest BCUT2D eigenvalue weighted by Gasteiger charge is -2.09. The predicted molar refractivity (Wildman–Crippen MR) is 121 cm³/mol. The monoisotopic (exact) mass is 435 g/mol. The summed E-state index contributed by atoms with van der Waals surface area (Å²) in [7, 11) is 1.60. The number of benzene rings is 2. The topological polar surface area (TPSA) is 102 Å². The van der Waals surface area contributed by atoms with Gasteiger partial charge in [-0.25, -0.2) is 9.67 Å². The van der Waals surface area contributed by atoms with Crippen molar-refractivity contribution in [2.24, 2.45) is 0 Å². The first-order valence-electron chi connectivity index (χ1n) is 9.57. The van der Waals surface area contributed by atoms with E-state index in [9.17, 15) is 9.59 Å². The van der Waals surface area contributed by atoms with E-state index in [1.807, 2.05) is 56.3 Å². The summed E-state index contributed by atoms with van der Waals surface area (Å²) in [5.41, 5.74) is 3.70. The summed E-state index contributed by atoms with van der Waals surface area (Å²) in [5, 5.41) is 7.93. The standard InChI is InChI=1S/C22H21N5O3S/c1-13-4-5-14(2)18(10-13)24-19(28)12-31-22-25-20-17(21(29)26-22)11-23-27(20)15-6-8-16(30-3)9-7-15/h4-11H,12H2,1-3H3,(H,24,28)(H,25,26,29). The van der Waals surface area contributed by atoms with Gasteiger partial charge in [-0.2, -0.15) is 5.10 Å². The van der Waals surface area contributed by atoms with Crippen molar-refractivity contribution in [3.8, 4) is 11.4 Å². The van der Waals surface area contributed by atoms with E-state index < -0.39 is 0 Å². The fourth-order valence-corrected chi connectivity index (χ4v) is 3.73. The normalized spacial score (nSPS) is 10.9. The Morgan fingerprint density at radius 1 is 1.19 bits per heavy atom. The highest BCUT2D eigenvalue weighted by molar-refractivity contribution is 7.99. The number of nitrogens with one attached hydrogen (secondary N) is 2. The Morgan fingerprint density at radius 2 is 1.97 bits per heavy atom. The molecule has 1 amide bonds. The SMILES string of the molecule is COc1ccc(-n2ncc3c(=O)[nH]c(SCC(=O)Nc4cc(C)ccc4C)nc32)cc1. The molecular formula is C22H21N5O3S. The van der Waals surface area contributed by atoms with Crippen LogP contribution in [0.25, 0.3) is 16.7 Å². The maximum Gasteiger partial charge on any atom is 0.262 e. The molecule has 2 aromatic heterocycles. The lowest BCUT2D eigenvalue weighted by atomic mass is 10.1. The Morgan fingerprint density at radius 3 is 2.71 bits per heavy atom. The van der Waals surface area contributed by atoms with Crippen LogP contribution in [0.3, 0.4) is 0 Å². The summed E-state index contributed by atoms with van der Waals surface area (Å²) >= 11 is 1.16. The number of nitrogens with zero attached hydrogens (tertiary/aromatic N) is 3. The number of hydrogen-bond donors (Lipinski definition) is 2. The molecule has 0 atom stereocenters. The Kier molecular flexibility index (Phi) is 5.77. The molecule has 4 aromatic rings. The first-order chi connectivity index (χ1) is 14.9. The van der Waals surface area contributed by atoms with E-state index in [4.69, 9.17) is 4.74 Å². The number of ether oxygens (including phenoxy) is 1. The number of carbonyl (C=O) groups excluding carboxylic acids is 1. The number of aromatic nitrogens is 4. The number of hydrogen-bond acceptors (Lipinski definition) is 6.